The first-order valence-corrected chi connectivity index (χ1v) is 13.8. The van der Waals surface area contributed by atoms with E-state index in [1.807, 2.05) is 48.5 Å². The minimum absolute atomic E-state index is 0.0972. The molecule has 10 heteroatoms. The molecule has 202 valence electrons. The molecule has 4 aromatic carbocycles. The Bertz CT molecular complexity index is 1850. The fourth-order valence-electron chi connectivity index (χ4n) is 5.30. The molecule has 0 spiro atoms. The van der Waals surface area contributed by atoms with Crippen LogP contribution in [0.3, 0.4) is 0 Å². The first-order chi connectivity index (χ1) is 19.9. The van der Waals surface area contributed by atoms with Crippen LogP contribution in [0.5, 0.6) is 5.75 Å². The number of phenols is 1. The van der Waals surface area contributed by atoms with Crippen molar-refractivity contribution in [1.82, 2.24) is 14.9 Å². The number of para-hydroxylation sites is 2. The molecule has 0 bridgehead atoms. The lowest BCUT2D eigenvalue weighted by atomic mass is 9.92. The zero-order valence-electron chi connectivity index (χ0n) is 21.5. The highest BCUT2D eigenvalue weighted by atomic mass is 32.2. The van der Waals surface area contributed by atoms with Crippen LogP contribution in [0, 0.1) is 0 Å². The minimum atomic E-state index is -0.864. The molecule has 4 N–H and O–H groups in total. The molecule has 0 radical (unpaired) electrons. The second-order valence-corrected chi connectivity index (χ2v) is 11.0. The lowest BCUT2D eigenvalue weighted by Crippen LogP contribution is -2.50. The van der Waals surface area contributed by atoms with Gasteiger partial charge in [0.25, 0.3) is 11.8 Å². The zero-order chi connectivity index (χ0) is 28.1. The smallest absolute Gasteiger partial charge is 0.256 e. The monoisotopic (exact) mass is 561 g/mol. The molecule has 0 aliphatic carbocycles. The van der Waals surface area contributed by atoms with Gasteiger partial charge in [-0.2, -0.15) is 0 Å². The number of hydrogen-bond donors (Lipinski definition) is 4. The fraction of sp³-hybridized carbons (Fsp3) is 0.0968. The SMILES string of the molecule is O=C1Nc2cc(C(=O)N3Cc4ccc(O)cc4CC3C(=O)Nc3nc4ccccc4[nH]3)ccc2Sc2ccccc21. The molecule has 1 atom stereocenters. The Kier molecular flexibility index (Phi) is 5.97. The van der Waals surface area contributed by atoms with E-state index < -0.39 is 11.9 Å². The maximum Gasteiger partial charge on any atom is 0.256 e. The van der Waals surface area contributed by atoms with Crippen molar-refractivity contribution in [3.05, 3.63) is 107 Å². The largest absolute Gasteiger partial charge is 0.508 e. The summed E-state index contributed by atoms with van der Waals surface area (Å²) in [6.07, 6.45) is 0.217. The Morgan fingerprint density at radius 2 is 1.78 bits per heavy atom. The number of fused-ring (bicyclic) bond motifs is 4. The summed E-state index contributed by atoms with van der Waals surface area (Å²) in [6.45, 7) is 0.177. The van der Waals surface area contributed by atoms with Gasteiger partial charge in [0, 0.05) is 28.3 Å². The zero-order valence-corrected chi connectivity index (χ0v) is 22.4. The third-order valence-corrected chi connectivity index (χ3v) is 8.49. The van der Waals surface area contributed by atoms with Crippen molar-refractivity contribution in [1.29, 1.82) is 0 Å². The molecule has 1 aromatic heterocycles. The summed E-state index contributed by atoms with van der Waals surface area (Å²) in [4.78, 5) is 51.3. The maximum atomic E-state index is 14.0. The Morgan fingerprint density at radius 3 is 2.66 bits per heavy atom. The van der Waals surface area contributed by atoms with Crippen LogP contribution >= 0.6 is 11.8 Å². The Balaban J connectivity index is 1.21. The van der Waals surface area contributed by atoms with E-state index in [1.54, 1.807) is 36.4 Å². The normalized spacial score (nSPS) is 15.8. The van der Waals surface area contributed by atoms with E-state index in [1.165, 1.54) is 16.7 Å². The van der Waals surface area contributed by atoms with E-state index in [0.29, 0.717) is 22.3 Å². The van der Waals surface area contributed by atoms with Gasteiger partial charge >= 0.3 is 0 Å². The molecule has 0 fully saturated rings. The van der Waals surface area contributed by atoms with Crippen molar-refractivity contribution in [2.75, 3.05) is 10.6 Å². The highest BCUT2D eigenvalue weighted by Gasteiger charge is 2.36. The second kappa shape index (κ2) is 9.83. The number of aromatic nitrogens is 2. The van der Waals surface area contributed by atoms with Crippen LogP contribution < -0.4 is 10.6 Å². The lowest BCUT2D eigenvalue weighted by Gasteiger charge is -2.36. The molecule has 2 aliphatic heterocycles. The van der Waals surface area contributed by atoms with Crippen LogP contribution in [0.15, 0.2) is 94.7 Å². The highest BCUT2D eigenvalue weighted by Crippen LogP contribution is 2.39. The lowest BCUT2D eigenvalue weighted by molar-refractivity contribution is -0.121. The summed E-state index contributed by atoms with van der Waals surface area (Å²) < 4.78 is 0. The van der Waals surface area contributed by atoms with E-state index >= 15 is 0 Å². The Morgan fingerprint density at radius 1 is 0.951 bits per heavy atom. The van der Waals surface area contributed by atoms with Gasteiger partial charge in [-0.05, 0) is 65.7 Å². The van der Waals surface area contributed by atoms with Gasteiger partial charge in [-0.3, -0.25) is 19.7 Å². The van der Waals surface area contributed by atoms with Crippen LogP contribution in [0.25, 0.3) is 11.0 Å². The first kappa shape index (κ1) is 24.9. The van der Waals surface area contributed by atoms with Crippen molar-refractivity contribution in [2.24, 2.45) is 0 Å². The average Bonchev–Trinajstić information content (AvgIpc) is 3.33. The number of nitrogens with one attached hydrogen (secondary N) is 3. The topological polar surface area (TPSA) is 127 Å². The van der Waals surface area contributed by atoms with Gasteiger partial charge in [0.2, 0.25) is 11.9 Å². The van der Waals surface area contributed by atoms with Crippen LogP contribution in [-0.2, 0) is 17.8 Å². The van der Waals surface area contributed by atoms with E-state index in [2.05, 4.69) is 20.6 Å². The molecule has 5 aromatic rings. The number of aromatic amines is 1. The number of nitrogens with zero attached hydrogens (tertiary/aromatic N) is 2. The van der Waals surface area contributed by atoms with Gasteiger partial charge in [-0.25, -0.2) is 4.98 Å². The van der Waals surface area contributed by atoms with E-state index in [9.17, 15) is 19.5 Å². The van der Waals surface area contributed by atoms with Crippen molar-refractivity contribution in [3.63, 3.8) is 0 Å². The molecule has 0 saturated heterocycles. The van der Waals surface area contributed by atoms with Gasteiger partial charge in [0.1, 0.15) is 11.8 Å². The van der Waals surface area contributed by atoms with Crippen molar-refractivity contribution in [3.8, 4) is 5.75 Å². The molecular formula is C31H23N5O4S. The molecule has 9 nitrogen and oxygen atoms in total. The van der Waals surface area contributed by atoms with Crippen LogP contribution in [0.4, 0.5) is 11.6 Å². The number of H-pyrrole nitrogens is 1. The third kappa shape index (κ3) is 4.57. The first-order valence-electron chi connectivity index (χ1n) is 13.0. The molecule has 3 amide bonds. The summed E-state index contributed by atoms with van der Waals surface area (Å²) in [5, 5.41) is 15.8. The third-order valence-electron chi connectivity index (χ3n) is 7.34. The number of aromatic hydroxyl groups is 1. The standard InChI is InChI=1S/C31H23N5O4S/c37-20-11-9-18-16-36(25(15-19(18)13-20)29(39)35-31-33-22-6-2-3-7-23(22)34-31)30(40)17-10-12-27-24(14-17)32-28(38)21-5-1-4-8-26(21)41-27/h1-14,25,37H,15-16H2,(H,32,38)(H2,33,34,35,39). The van der Waals surface area contributed by atoms with E-state index in [-0.39, 0.29) is 36.5 Å². The summed E-state index contributed by atoms with van der Waals surface area (Å²) in [5.74, 6) is -0.612. The number of amides is 3. The van der Waals surface area contributed by atoms with Crippen LogP contribution in [-0.4, -0.2) is 43.7 Å². The van der Waals surface area contributed by atoms with Gasteiger partial charge in [0.05, 0.1) is 22.3 Å². The number of imidazole rings is 1. The van der Waals surface area contributed by atoms with Crippen molar-refractivity contribution >= 4 is 52.2 Å². The fourth-order valence-corrected chi connectivity index (χ4v) is 6.31. The highest BCUT2D eigenvalue weighted by molar-refractivity contribution is 7.99. The number of carbonyl (C=O) groups excluding carboxylic acids is 3. The van der Waals surface area contributed by atoms with Gasteiger partial charge in [0.15, 0.2) is 0 Å². The maximum absolute atomic E-state index is 14.0. The molecular weight excluding hydrogens is 538 g/mol. The number of hydrogen-bond acceptors (Lipinski definition) is 6. The minimum Gasteiger partial charge on any atom is -0.508 e. The number of anilines is 2. The molecule has 2 aliphatic rings. The molecule has 1 unspecified atom stereocenters. The van der Waals surface area contributed by atoms with E-state index in [4.69, 9.17) is 0 Å². The average molecular weight is 562 g/mol. The summed E-state index contributed by atoms with van der Waals surface area (Å²) in [5.41, 5.74) is 4.58. The second-order valence-electron chi connectivity index (χ2n) is 9.96. The van der Waals surface area contributed by atoms with Gasteiger partial charge in [-0.15, -0.1) is 0 Å². The summed E-state index contributed by atoms with van der Waals surface area (Å²) in [6, 6.07) is 24.1. The number of benzene rings is 4. The quantitative estimate of drug-likeness (QED) is 0.240. The molecule has 3 heterocycles. The number of rotatable bonds is 3. The van der Waals surface area contributed by atoms with Crippen LogP contribution in [0.2, 0.25) is 0 Å². The molecule has 7 rings (SSSR count). The summed E-state index contributed by atoms with van der Waals surface area (Å²) in [7, 11) is 0. The molecule has 0 saturated carbocycles. The predicted octanol–water partition coefficient (Wildman–Crippen LogP) is 5.19. The van der Waals surface area contributed by atoms with Gasteiger partial charge < -0.3 is 20.3 Å². The molecule has 41 heavy (non-hydrogen) atoms. The summed E-state index contributed by atoms with van der Waals surface area (Å²) >= 11 is 1.46. The number of carbonyl (C=O) groups is 3. The van der Waals surface area contributed by atoms with Gasteiger partial charge in [-0.1, -0.05) is 42.1 Å². The van der Waals surface area contributed by atoms with Crippen molar-refractivity contribution < 1.29 is 19.5 Å². The number of phenolic OH excluding ortho intramolecular Hbond substituents is 1. The predicted molar refractivity (Wildman–Crippen MR) is 155 cm³/mol. The Hall–Kier alpha value is -5.09. The van der Waals surface area contributed by atoms with Crippen LogP contribution in [0.1, 0.15) is 31.8 Å². The van der Waals surface area contributed by atoms with E-state index in [0.717, 1.165) is 26.4 Å². The Labute approximate surface area is 238 Å². The van der Waals surface area contributed by atoms with Crippen molar-refractivity contribution in [2.45, 2.75) is 28.8 Å².